The van der Waals surface area contributed by atoms with E-state index in [0.29, 0.717) is 19.0 Å². The Balaban J connectivity index is 1.89. The van der Waals surface area contributed by atoms with Gasteiger partial charge in [0.1, 0.15) is 11.4 Å². The first kappa shape index (κ1) is 20.4. The lowest BCUT2D eigenvalue weighted by molar-refractivity contribution is -0.274. The fraction of sp³-hybridized carbons (Fsp3) is 0.632. The van der Waals surface area contributed by atoms with Crippen molar-refractivity contribution in [2.24, 2.45) is 11.8 Å². The smallest absolute Gasteiger partial charge is 0.444 e. The molecular weight excluding hydrogens is 347 g/mol. The van der Waals surface area contributed by atoms with E-state index >= 15 is 0 Å². The van der Waals surface area contributed by atoms with E-state index < -0.39 is 12.0 Å². The van der Waals surface area contributed by atoms with Crippen LogP contribution in [0.5, 0.6) is 5.75 Å². The van der Waals surface area contributed by atoms with Crippen LogP contribution in [-0.4, -0.2) is 36.0 Å². The van der Waals surface area contributed by atoms with Crippen LogP contribution in [-0.2, 0) is 11.2 Å². The highest BCUT2D eigenvalue weighted by atomic mass is 19.4. The van der Waals surface area contributed by atoms with Crippen LogP contribution in [0.3, 0.4) is 0 Å². The number of benzene rings is 1. The van der Waals surface area contributed by atoms with Crippen molar-refractivity contribution < 1.29 is 27.4 Å². The number of rotatable bonds is 3. The Kier molecular flexibility index (Phi) is 6.09. The van der Waals surface area contributed by atoms with Crippen LogP contribution < -0.4 is 4.74 Å². The number of carbonyl (C=O) groups excluding carboxylic acids is 1. The first-order valence-electron chi connectivity index (χ1n) is 8.75. The van der Waals surface area contributed by atoms with Crippen LogP contribution in [0.15, 0.2) is 24.3 Å². The van der Waals surface area contributed by atoms with Gasteiger partial charge in [-0.05, 0) is 63.1 Å². The van der Waals surface area contributed by atoms with Crippen LogP contribution >= 0.6 is 0 Å². The first-order chi connectivity index (χ1) is 11.9. The van der Waals surface area contributed by atoms with Crippen molar-refractivity contribution in [1.82, 2.24) is 4.90 Å². The summed E-state index contributed by atoms with van der Waals surface area (Å²) in [5, 5.41) is 0. The number of nitrogens with zero attached hydrogens (tertiary/aromatic N) is 1. The third-order valence-electron chi connectivity index (χ3n) is 4.39. The maximum Gasteiger partial charge on any atom is 0.573 e. The Bertz CT molecular complexity index is 608. The normalized spacial score (nSPS) is 21.4. The van der Waals surface area contributed by atoms with Crippen LogP contribution in [0.1, 0.15) is 39.7 Å². The molecule has 1 aromatic rings. The van der Waals surface area contributed by atoms with Crippen LogP contribution in [0.2, 0.25) is 0 Å². The van der Waals surface area contributed by atoms with Gasteiger partial charge >= 0.3 is 12.5 Å². The SMILES string of the molecule is CC1CN(C(=O)OC(C)(C)C)CCC1Cc1ccc(OC(F)(F)F)cc1. The molecule has 0 radical (unpaired) electrons. The molecule has 0 bridgehead atoms. The molecule has 26 heavy (non-hydrogen) atoms. The monoisotopic (exact) mass is 373 g/mol. The van der Waals surface area contributed by atoms with Crippen molar-refractivity contribution >= 4 is 6.09 Å². The Hall–Kier alpha value is -1.92. The zero-order valence-corrected chi connectivity index (χ0v) is 15.6. The lowest BCUT2D eigenvalue weighted by Gasteiger charge is -2.37. The second-order valence-corrected chi connectivity index (χ2v) is 7.85. The van der Waals surface area contributed by atoms with Crippen molar-refractivity contribution in [1.29, 1.82) is 0 Å². The average molecular weight is 373 g/mol. The minimum Gasteiger partial charge on any atom is -0.444 e. The van der Waals surface area contributed by atoms with Gasteiger partial charge in [-0.25, -0.2) is 4.79 Å². The Morgan fingerprint density at radius 1 is 1.19 bits per heavy atom. The number of carbonyl (C=O) groups is 1. The van der Waals surface area contributed by atoms with Crippen LogP contribution in [0.4, 0.5) is 18.0 Å². The summed E-state index contributed by atoms with van der Waals surface area (Å²) in [5.74, 6) is 0.430. The van der Waals surface area contributed by atoms with E-state index in [1.54, 1.807) is 17.0 Å². The minimum absolute atomic E-state index is 0.214. The fourth-order valence-corrected chi connectivity index (χ4v) is 3.12. The molecular formula is C19H26F3NO3. The minimum atomic E-state index is -4.68. The van der Waals surface area contributed by atoms with Crippen molar-refractivity contribution in [3.63, 3.8) is 0 Å². The molecule has 1 aliphatic rings. The van der Waals surface area contributed by atoms with E-state index in [-0.39, 0.29) is 17.8 Å². The molecule has 1 saturated heterocycles. The van der Waals surface area contributed by atoms with Gasteiger partial charge in [-0.3, -0.25) is 0 Å². The molecule has 1 aliphatic heterocycles. The Labute approximate surface area is 152 Å². The molecule has 4 nitrogen and oxygen atoms in total. The summed E-state index contributed by atoms with van der Waals surface area (Å²) in [6.07, 6.45) is -3.38. The van der Waals surface area contributed by atoms with Crippen molar-refractivity contribution in [2.45, 2.75) is 52.5 Å². The lowest BCUT2D eigenvalue weighted by Crippen LogP contribution is -2.45. The highest BCUT2D eigenvalue weighted by Gasteiger charge is 2.32. The van der Waals surface area contributed by atoms with E-state index in [2.05, 4.69) is 11.7 Å². The lowest BCUT2D eigenvalue weighted by atomic mass is 9.82. The molecule has 1 aromatic carbocycles. The summed E-state index contributed by atoms with van der Waals surface area (Å²) in [6.45, 7) is 8.85. The Morgan fingerprint density at radius 2 is 1.81 bits per heavy atom. The van der Waals surface area contributed by atoms with Crippen LogP contribution in [0.25, 0.3) is 0 Å². The predicted molar refractivity (Wildman–Crippen MR) is 91.9 cm³/mol. The zero-order valence-electron chi connectivity index (χ0n) is 15.6. The van der Waals surface area contributed by atoms with Gasteiger partial charge in [0.2, 0.25) is 0 Å². The molecule has 1 amide bonds. The number of amides is 1. The summed E-state index contributed by atoms with van der Waals surface area (Å²) >= 11 is 0. The molecule has 7 heteroatoms. The fourth-order valence-electron chi connectivity index (χ4n) is 3.12. The largest absolute Gasteiger partial charge is 0.573 e. The van der Waals surface area contributed by atoms with Gasteiger partial charge < -0.3 is 14.4 Å². The van der Waals surface area contributed by atoms with E-state index in [1.165, 1.54) is 12.1 Å². The summed E-state index contributed by atoms with van der Waals surface area (Å²) < 4.78 is 45.9. The molecule has 0 spiro atoms. The number of hydrogen-bond donors (Lipinski definition) is 0. The number of likely N-dealkylation sites (tertiary alicyclic amines) is 1. The molecule has 0 aliphatic carbocycles. The van der Waals surface area contributed by atoms with Gasteiger partial charge in [-0.2, -0.15) is 0 Å². The maximum absolute atomic E-state index is 12.2. The van der Waals surface area contributed by atoms with Crippen LogP contribution in [0, 0.1) is 11.8 Å². The molecule has 2 atom stereocenters. The van der Waals surface area contributed by atoms with E-state index in [0.717, 1.165) is 18.4 Å². The molecule has 2 unspecified atom stereocenters. The summed E-state index contributed by atoms with van der Waals surface area (Å²) in [7, 11) is 0. The quantitative estimate of drug-likeness (QED) is 0.747. The molecule has 1 heterocycles. The molecule has 0 saturated carbocycles. The molecule has 0 aromatic heterocycles. The van der Waals surface area contributed by atoms with Gasteiger partial charge in [0.05, 0.1) is 0 Å². The zero-order chi connectivity index (χ0) is 19.5. The second kappa shape index (κ2) is 7.76. The van der Waals surface area contributed by atoms with Gasteiger partial charge in [-0.15, -0.1) is 13.2 Å². The van der Waals surface area contributed by atoms with E-state index in [1.807, 2.05) is 20.8 Å². The highest BCUT2D eigenvalue weighted by molar-refractivity contribution is 5.68. The number of halogens is 3. The Morgan fingerprint density at radius 3 is 2.31 bits per heavy atom. The number of hydrogen-bond acceptors (Lipinski definition) is 3. The van der Waals surface area contributed by atoms with Crippen molar-refractivity contribution in [3.8, 4) is 5.75 Å². The summed E-state index contributed by atoms with van der Waals surface area (Å²) in [6, 6.07) is 5.99. The highest BCUT2D eigenvalue weighted by Crippen LogP contribution is 2.29. The van der Waals surface area contributed by atoms with Crippen molar-refractivity contribution in [2.75, 3.05) is 13.1 Å². The topological polar surface area (TPSA) is 38.8 Å². The number of ether oxygens (including phenoxy) is 2. The van der Waals surface area contributed by atoms with E-state index in [9.17, 15) is 18.0 Å². The van der Waals surface area contributed by atoms with Gasteiger partial charge in [0.15, 0.2) is 0 Å². The standard InChI is InChI=1S/C19H26F3NO3/c1-13-12-23(17(24)26-18(2,3)4)10-9-15(13)11-14-5-7-16(8-6-14)25-19(20,21)22/h5-8,13,15H,9-12H2,1-4H3. The molecule has 2 rings (SSSR count). The predicted octanol–water partition coefficient (Wildman–Crippen LogP) is 5.02. The first-order valence-corrected chi connectivity index (χ1v) is 8.75. The molecule has 146 valence electrons. The van der Waals surface area contributed by atoms with E-state index in [4.69, 9.17) is 4.74 Å². The third-order valence-corrected chi connectivity index (χ3v) is 4.39. The molecule has 0 N–H and O–H groups in total. The summed E-state index contributed by atoms with van der Waals surface area (Å²) in [4.78, 5) is 13.9. The summed E-state index contributed by atoms with van der Waals surface area (Å²) in [5.41, 5.74) is 0.444. The average Bonchev–Trinajstić information content (AvgIpc) is 2.48. The van der Waals surface area contributed by atoms with Gasteiger partial charge in [0, 0.05) is 13.1 Å². The van der Waals surface area contributed by atoms with Crippen molar-refractivity contribution in [3.05, 3.63) is 29.8 Å². The molecule has 1 fully saturated rings. The maximum atomic E-state index is 12.2. The number of piperidine rings is 1. The second-order valence-electron chi connectivity index (χ2n) is 7.85. The van der Waals surface area contributed by atoms with Gasteiger partial charge in [0.25, 0.3) is 0 Å². The van der Waals surface area contributed by atoms with Gasteiger partial charge in [-0.1, -0.05) is 19.1 Å². The number of alkyl halides is 3. The third kappa shape index (κ3) is 6.42.